The normalized spacial score (nSPS) is 16.3. The van der Waals surface area contributed by atoms with E-state index in [1.54, 1.807) is 59.4 Å². The standard InChI is InChI=1S/C20H18N4O4S/c1-14-3-9-18(10-4-14)29(27,28)23-19(13-15(2)22-20(23)11-12-21-22)16-5-7-17(8-6-16)24(25)26/h3-13,19H,1-2H3. The summed E-state index contributed by atoms with van der Waals surface area (Å²) in [5.74, 6) is 0.411. The Morgan fingerprint density at radius 2 is 1.66 bits per heavy atom. The van der Waals surface area contributed by atoms with E-state index in [1.807, 2.05) is 13.8 Å². The Hall–Kier alpha value is -3.46. The summed E-state index contributed by atoms with van der Waals surface area (Å²) in [6.45, 7) is 3.73. The summed E-state index contributed by atoms with van der Waals surface area (Å²) in [6.07, 6.45) is 3.33. The first kappa shape index (κ1) is 18.9. The van der Waals surface area contributed by atoms with Crippen molar-refractivity contribution in [2.24, 2.45) is 0 Å². The number of sulfonamides is 1. The van der Waals surface area contributed by atoms with Crippen molar-refractivity contribution in [3.63, 3.8) is 0 Å². The minimum absolute atomic E-state index is 0.0526. The largest absolute Gasteiger partial charge is 0.269 e. The van der Waals surface area contributed by atoms with Gasteiger partial charge in [0.25, 0.3) is 15.7 Å². The molecule has 0 bridgehead atoms. The zero-order valence-corrected chi connectivity index (χ0v) is 16.6. The van der Waals surface area contributed by atoms with Crippen molar-refractivity contribution in [3.05, 3.63) is 88.1 Å². The van der Waals surface area contributed by atoms with Crippen molar-refractivity contribution in [1.82, 2.24) is 9.78 Å². The molecule has 0 aliphatic carbocycles. The van der Waals surface area contributed by atoms with Gasteiger partial charge in [-0.25, -0.2) is 17.4 Å². The van der Waals surface area contributed by atoms with Crippen LogP contribution >= 0.6 is 0 Å². The number of nitrogens with zero attached hydrogens (tertiary/aromatic N) is 4. The topological polar surface area (TPSA) is 98.3 Å². The summed E-state index contributed by atoms with van der Waals surface area (Å²) in [6, 6.07) is 13.5. The molecule has 0 radical (unpaired) electrons. The average molecular weight is 410 g/mol. The molecular formula is C20H18N4O4S. The molecule has 0 N–H and O–H groups in total. The highest BCUT2D eigenvalue weighted by Gasteiger charge is 2.37. The number of anilines is 1. The molecule has 1 atom stereocenters. The molecule has 8 nitrogen and oxygen atoms in total. The van der Waals surface area contributed by atoms with E-state index in [0.717, 1.165) is 11.3 Å². The smallest absolute Gasteiger partial charge is 0.258 e. The summed E-state index contributed by atoms with van der Waals surface area (Å²) in [4.78, 5) is 10.7. The van der Waals surface area contributed by atoms with Gasteiger partial charge >= 0.3 is 0 Å². The van der Waals surface area contributed by atoms with Gasteiger partial charge in [-0.15, -0.1) is 0 Å². The summed E-state index contributed by atoms with van der Waals surface area (Å²) < 4.78 is 30.0. The van der Waals surface area contributed by atoms with Gasteiger partial charge in [0.1, 0.15) is 5.82 Å². The summed E-state index contributed by atoms with van der Waals surface area (Å²) in [5.41, 5.74) is 2.29. The lowest BCUT2D eigenvalue weighted by Crippen LogP contribution is -2.38. The maximum atomic E-state index is 13.6. The van der Waals surface area contributed by atoms with Gasteiger partial charge in [-0.2, -0.15) is 5.10 Å². The van der Waals surface area contributed by atoms with Crippen LogP contribution < -0.4 is 4.31 Å². The van der Waals surface area contributed by atoms with Crippen molar-refractivity contribution in [2.45, 2.75) is 24.8 Å². The fraction of sp³-hybridized carbons (Fsp3) is 0.150. The summed E-state index contributed by atoms with van der Waals surface area (Å²) in [5, 5.41) is 15.2. The molecule has 2 aromatic carbocycles. The van der Waals surface area contributed by atoms with Crippen molar-refractivity contribution >= 4 is 27.2 Å². The Balaban J connectivity index is 1.88. The molecule has 9 heteroatoms. The van der Waals surface area contributed by atoms with Gasteiger partial charge < -0.3 is 0 Å². The molecule has 3 aromatic rings. The molecule has 1 unspecified atom stereocenters. The van der Waals surface area contributed by atoms with Gasteiger partial charge in [-0.05, 0) is 49.8 Å². The number of nitro groups is 1. The molecule has 1 aliphatic rings. The minimum atomic E-state index is -3.92. The molecule has 0 spiro atoms. The van der Waals surface area contributed by atoms with Gasteiger partial charge in [0, 0.05) is 23.9 Å². The number of aromatic nitrogens is 2. The lowest BCUT2D eigenvalue weighted by molar-refractivity contribution is -0.384. The van der Waals surface area contributed by atoms with Crippen LogP contribution in [-0.4, -0.2) is 23.1 Å². The van der Waals surface area contributed by atoms with Crippen molar-refractivity contribution in [1.29, 1.82) is 0 Å². The molecular weight excluding hydrogens is 392 g/mol. The van der Waals surface area contributed by atoms with E-state index in [1.165, 1.54) is 16.4 Å². The van der Waals surface area contributed by atoms with Crippen LogP contribution in [0.2, 0.25) is 0 Å². The second kappa shape index (κ2) is 6.85. The Morgan fingerprint density at radius 3 is 2.28 bits per heavy atom. The quantitative estimate of drug-likeness (QED) is 0.480. The third kappa shape index (κ3) is 3.19. The van der Waals surface area contributed by atoms with Gasteiger partial charge in [-0.1, -0.05) is 17.7 Å². The van der Waals surface area contributed by atoms with Crippen LogP contribution in [0.3, 0.4) is 0 Å². The Morgan fingerprint density at radius 1 is 1.00 bits per heavy atom. The summed E-state index contributed by atoms with van der Waals surface area (Å²) in [7, 11) is -3.92. The number of hydrogen-bond donors (Lipinski definition) is 0. The molecule has 29 heavy (non-hydrogen) atoms. The zero-order chi connectivity index (χ0) is 20.8. The number of benzene rings is 2. The van der Waals surface area contributed by atoms with E-state index in [0.29, 0.717) is 11.4 Å². The van der Waals surface area contributed by atoms with Crippen LogP contribution in [-0.2, 0) is 10.0 Å². The van der Waals surface area contributed by atoms with Crippen LogP contribution in [0, 0.1) is 17.0 Å². The van der Waals surface area contributed by atoms with Crippen molar-refractivity contribution in [3.8, 4) is 0 Å². The maximum Gasteiger partial charge on any atom is 0.269 e. The maximum absolute atomic E-state index is 13.6. The first-order valence-electron chi connectivity index (χ1n) is 8.87. The first-order valence-corrected chi connectivity index (χ1v) is 10.3. The lowest BCUT2D eigenvalue weighted by Gasteiger charge is -2.35. The first-order chi connectivity index (χ1) is 13.8. The number of rotatable bonds is 4. The SMILES string of the molecule is CC1=CC(c2ccc([N+](=O)[O-])cc2)N(S(=O)(=O)c2ccc(C)cc2)c2ccnn21. The highest BCUT2D eigenvalue weighted by atomic mass is 32.2. The van der Waals surface area contributed by atoms with Crippen LogP contribution in [0.1, 0.15) is 24.1 Å². The lowest BCUT2D eigenvalue weighted by atomic mass is 10.0. The number of fused-ring (bicyclic) bond motifs is 1. The van der Waals surface area contributed by atoms with E-state index >= 15 is 0 Å². The molecule has 0 amide bonds. The number of allylic oxidation sites excluding steroid dienone is 1. The van der Waals surface area contributed by atoms with Gasteiger partial charge in [0.2, 0.25) is 0 Å². The second-order valence-corrected chi connectivity index (χ2v) is 8.63. The highest BCUT2D eigenvalue weighted by Crippen LogP contribution is 2.39. The van der Waals surface area contributed by atoms with Crippen molar-refractivity contribution < 1.29 is 13.3 Å². The van der Waals surface area contributed by atoms with E-state index in [4.69, 9.17) is 0 Å². The summed E-state index contributed by atoms with van der Waals surface area (Å²) >= 11 is 0. The van der Waals surface area contributed by atoms with E-state index in [9.17, 15) is 18.5 Å². The van der Waals surface area contributed by atoms with Crippen molar-refractivity contribution in [2.75, 3.05) is 4.31 Å². The van der Waals surface area contributed by atoms with Gasteiger partial charge in [0.15, 0.2) is 0 Å². The molecule has 2 heterocycles. The molecule has 1 aliphatic heterocycles. The fourth-order valence-electron chi connectivity index (χ4n) is 3.37. The average Bonchev–Trinajstić information content (AvgIpc) is 3.18. The molecule has 0 saturated carbocycles. The Labute approximate surface area is 167 Å². The number of non-ortho nitro benzene ring substituents is 1. The third-order valence-corrected chi connectivity index (χ3v) is 6.66. The molecule has 148 valence electrons. The third-order valence-electron chi connectivity index (χ3n) is 4.86. The predicted octanol–water partition coefficient (Wildman–Crippen LogP) is 3.91. The van der Waals surface area contributed by atoms with Crippen LogP contribution in [0.5, 0.6) is 0 Å². The molecule has 1 aromatic heterocycles. The minimum Gasteiger partial charge on any atom is -0.258 e. The van der Waals surface area contributed by atoms with Gasteiger partial charge in [0.05, 0.1) is 22.1 Å². The monoisotopic (exact) mass is 410 g/mol. The molecule has 4 rings (SSSR count). The Kier molecular flexibility index (Phi) is 4.46. The van der Waals surface area contributed by atoms with Gasteiger partial charge in [-0.3, -0.25) is 10.1 Å². The molecule has 0 saturated heterocycles. The van der Waals surface area contributed by atoms with Crippen LogP contribution in [0.4, 0.5) is 11.5 Å². The zero-order valence-electron chi connectivity index (χ0n) is 15.8. The number of nitro benzene ring substituents is 1. The van der Waals surface area contributed by atoms with Crippen LogP contribution in [0.15, 0.2) is 71.8 Å². The number of hydrogen-bond acceptors (Lipinski definition) is 5. The second-order valence-electron chi connectivity index (χ2n) is 6.82. The van der Waals surface area contributed by atoms with E-state index < -0.39 is 21.0 Å². The van der Waals surface area contributed by atoms with E-state index in [2.05, 4.69) is 5.10 Å². The fourth-order valence-corrected chi connectivity index (χ4v) is 4.94. The highest BCUT2D eigenvalue weighted by molar-refractivity contribution is 7.92. The Bertz CT molecular complexity index is 1210. The number of aryl methyl sites for hydroxylation is 1. The predicted molar refractivity (Wildman–Crippen MR) is 109 cm³/mol. The molecule has 0 fully saturated rings. The van der Waals surface area contributed by atoms with Crippen LogP contribution in [0.25, 0.3) is 5.70 Å². The van der Waals surface area contributed by atoms with E-state index in [-0.39, 0.29) is 10.6 Å².